The maximum Gasteiger partial charge on any atom is 0.253 e. The smallest absolute Gasteiger partial charge is 0.253 e. The molecule has 6 rings (SSSR count). The molecule has 38 heavy (non-hydrogen) atoms. The highest BCUT2D eigenvalue weighted by molar-refractivity contribution is 7.09. The van der Waals surface area contributed by atoms with Crippen LogP contribution in [0.15, 0.2) is 46.6 Å². The third-order valence-electron chi connectivity index (χ3n) is 7.61. The van der Waals surface area contributed by atoms with Gasteiger partial charge in [-0.1, -0.05) is 19.1 Å². The molecular formula is C28H34N6O3S. The van der Waals surface area contributed by atoms with Crippen LogP contribution in [0, 0.1) is 0 Å². The third-order valence-corrected chi connectivity index (χ3v) is 8.47. The van der Waals surface area contributed by atoms with Crippen LogP contribution in [0.4, 0.5) is 0 Å². The minimum Gasteiger partial charge on any atom is -0.377 e. The van der Waals surface area contributed by atoms with Crippen LogP contribution in [0.2, 0.25) is 0 Å². The van der Waals surface area contributed by atoms with Gasteiger partial charge in [-0.2, -0.15) is 0 Å². The summed E-state index contributed by atoms with van der Waals surface area (Å²) in [5.41, 5.74) is 2.58. The highest BCUT2D eigenvalue weighted by Gasteiger charge is 2.34. The van der Waals surface area contributed by atoms with Crippen LogP contribution < -0.4 is 5.56 Å². The van der Waals surface area contributed by atoms with Crippen LogP contribution in [-0.2, 0) is 29.0 Å². The van der Waals surface area contributed by atoms with Gasteiger partial charge in [0.2, 0.25) is 0 Å². The lowest BCUT2D eigenvalue weighted by molar-refractivity contribution is 0.0559. The molecule has 9 nitrogen and oxygen atoms in total. The predicted octanol–water partition coefficient (Wildman–Crippen LogP) is 4.09. The van der Waals surface area contributed by atoms with Gasteiger partial charge in [0.25, 0.3) is 5.56 Å². The molecule has 0 radical (unpaired) electrons. The molecule has 0 bridgehead atoms. The zero-order valence-corrected chi connectivity index (χ0v) is 22.5. The highest BCUT2D eigenvalue weighted by atomic mass is 32.1. The number of pyridine rings is 1. The van der Waals surface area contributed by atoms with Gasteiger partial charge in [-0.25, -0.2) is 4.68 Å². The fourth-order valence-electron chi connectivity index (χ4n) is 5.63. The molecule has 0 aliphatic carbocycles. The maximum atomic E-state index is 13.7. The van der Waals surface area contributed by atoms with E-state index in [4.69, 9.17) is 9.47 Å². The lowest BCUT2D eigenvalue weighted by atomic mass is 10.0. The quantitative estimate of drug-likeness (QED) is 0.327. The monoisotopic (exact) mass is 534 g/mol. The van der Waals surface area contributed by atoms with Gasteiger partial charge in [-0.05, 0) is 83.1 Å². The second-order valence-corrected chi connectivity index (χ2v) is 11.3. The fraction of sp³-hybridized carbons (Fsp3) is 0.500. The van der Waals surface area contributed by atoms with Gasteiger partial charge in [0.05, 0.1) is 18.8 Å². The lowest BCUT2D eigenvalue weighted by Crippen LogP contribution is -2.39. The molecule has 1 N–H and O–H groups in total. The largest absolute Gasteiger partial charge is 0.377 e. The molecule has 0 amide bonds. The van der Waals surface area contributed by atoms with Gasteiger partial charge in [-0.15, -0.1) is 16.4 Å². The first-order valence-electron chi connectivity index (χ1n) is 13.6. The lowest BCUT2D eigenvalue weighted by Gasteiger charge is -2.32. The zero-order chi connectivity index (χ0) is 25.9. The number of fused-ring (bicyclic) bond motifs is 1. The molecule has 3 atom stereocenters. The first-order valence-corrected chi connectivity index (χ1v) is 14.5. The van der Waals surface area contributed by atoms with Crippen molar-refractivity contribution in [1.82, 2.24) is 30.1 Å². The van der Waals surface area contributed by atoms with Gasteiger partial charge < -0.3 is 14.5 Å². The van der Waals surface area contributed by atoms with Crippen molar-refractivity contribution in [3.8, 4) is 0 Å². The first-order chi connectivity index (χ1) is 18.7. The summed E-state index contributed by atoms with van der Waals surface area (Å²) in [6.07, 6.45) is 5.18. The first kappa shape index (κ1) is 25.4. The molecule has 4 aromatic rings. The topological polar surface area (TPSA) is 98.2 Å². The summed E-state index contributed by atoms with van der Waals surface area (Å²) < 4.78 is 13.8. The van der Waals surface area contributed by atoms with Crippen LogP contribution in [0.5, 0.6) is 0 Å². The second-order valence-electron chi connectivity index (χ2n) is 10.2. The van der Waals surface area contributed by atoms with Crippen molar-refractivity contribution in [3.05, 3.63) is 74.0 Å². The molecule has 5 heterocycles. The second kappa shape index (κ2) is 11.4. The van der Waals surface area contributed by atoms with Crippen molar-refractivity contribution in [2.45, 2.75) is 70.4 Å². The average Bonchev–Trinajstić information content (AvgIpc) is 3.74. The molecule has 2 aliphatic rings. The molecular weight excluding hydrogens is 500 g/mol. The Hall–Kier alpha value is -2.92. The zero-order valence-electron chi connectivity index (χ0n) is 21.7. The Balaban J connectivity index is 1.47. The van der Waals surface area contributed by atoms with Crippen molar-refractivity contribution in [1.29, 1.82) is 0 Å². The van der Waals surface area contributed by atoms with E-state index < -0.39 is 6.04 Å². The van der Waals surface area contributed by atoms with Crippen LogP contribution >= 0.6 is 11.3 Å². The highest BCUT2D eigenvalue weighted by Crippen LogP contribution is 2.31. The molecule has 3 aromatic heterocycles. The van der Waals surface area contributed by atoms with Crippen LogP contribution in [0.3, 0.4) is 0 Å². The van der Waals surface area contributed by atoms with E-state index in [1.807, 2.05) is 16.8 Å². The Morgan fingerprint density at radius 1 is 1.16 bits per heavy atom. The van der Waals surface area contributed by atoms with E-state index in [0.717, 1.165) is 56.2 Å². The Kier molecular flexibility index (Phi) is 7.64. The molecule has 0 spiro atoms. The van der Waals surface area contributed by atoms with E-state index in [0.29, 0.717) is 31.0 Å². The summed E-state index contributed by atoms with van der Waals surface area (Å²) in [6, 6.07) is 12.0. The van der Waals surface area contributed by atoms with Gasteiger partial charge >= 0.3 is 0 Å². The number of ether oxygens (including phenoxy) is 2. The standard InChI is InChI=1S/C28H34N6O3S/c1-2-19-9-10-25-20(14-19)15-24(28(35)29-25)26(27-30-31-32-34(27)17-22-7-4-12-37-22)33(16-21-6-3-11-36-21)18-23-8-5-13-38-23/h5,8-10,13-15,21-22,26H,2-4,6-7,11-12,16-18H2,1H3,(H,29,35)/t21-,22+,26-/m0/s1. The number of nitrogens with one attached hydrogen (secondary N) is 1. The SMILES string of the molecule is CCc1ccc2[nH]c(=O)c([C@@H](c3nnnn3C[C@H]3CCCO3)N(Cc3cccs3)C[C@@H]3CCCO3)cc2c1. The molecule has 200 valence electrons. The Morgan fingerprint density at radius 2 is 2.00 bits per heavy atom. The van der Waals surface area contributed by atoms with Gasteiger partial charge in [0.15, 0.2) is 5.82 Å². The molecule has 2 saturated heterocycles. The van der Waals surface area contributed by atoms with E-state index in [1.165, 1.54) is 10.4 Å². The molecule has 0 unspecified atom stereocenters. The number of aromatic nitrogens is 5. The molecule has 2 fully saturated rings. The van der Waals surface area contributed by atoms with Gasteiger partial charge in [-0.3, -0.25) is 9.69 Å². The van der Waals surface area contributed by atoms with Crippen molar-refractivity contribution in [3.63, 3.8) is 0 Å². The number of tetrazole rings is 1. The summed E-state index contributed by atoms with van der Waals surface area (Å²) in [7, 11) is 0. The van der Waals surface area contributed by atoms with E-state index in [1.54, 1.807) is 11.3 Å². The minimum atomic E-state index is -0.448. The number of aromatic amines is 1. The van der Waals surface area contributed by atoms with Gasteiger partial charge in [0.1, 0.15) is 6.04 Å². The number of hydrogen-bond acceptors (Lipinski definition) is 8. The minimum absolute atomic E-state index is 0.0730. The van der Waals surface area contributed by atoms with Crippen LogP contribution in [0.1, 0.15) is 60.5 Å². The number of thiophene rings is 1. The van der Waals surface area contributed by atoms with E-state index in [2.05, 4.69) is 62.0 Å². The summed E-state index contributed by atoms with van der Waals surface area (Å²) in [4.78, 5) is 20.4. The van der Waals surface area contributed by atoms with E-state index in [-0.39, 0.29) is 17.8 Å². The molecule has 0 saturated carbocycles. The number of hydrogen-bond donors (Lipinski definition) is 1. The number of benzene rings is 1. The molecule has 2 aliphatic heterocycles. The van der Waals surface area contributed by atoms with Crippen molar-refractivity contribution >= 4 is 22.2 Å². The van der Waals surface area contributed by atoms with E-state index in [9.17, 15) is 4.79 Å². The van der Waals surface area contributed by atoms with E-state index >= 15 is 0 Å². The average molecular weight is 535 g/mol. The number of rotatable bonds is 10. The Morgan fingerprint density at radius 3 is 2.74 bits per heavy atom. The Labute approximate surface area is 225 Å². The van der Waals surface area contributed by atoms with Crippen LogP contribution in [-0.4, -0.2) is 62.1 Å². The third kappa shape index (κ3) is 5.44. The number of aryl methyl sites for hydroxylation is 1. The van der Waals surface area contributed by atoms with Gasteiger partial charge in [0, 0.05) is 42.3 Å². The number of nitrogens with zero attached hydrogens (tertiary/aromatic N) is 5. The van der Waals surface area contributed by atoms with Crippen LogP contribution in [0.25, 0.3) is 10.9 Å². The predicted molar refractivity (Wildman–Crippen MR) is 146 cm³/mol. The van der Waals surface area contributed by atoms with Crippen molar-refractivity contribution < 1.29 is 9.47 Å². The molecule has 1 aromatic carbocycles. The normalized spacial score (nSPS) is 20.6. The molecule has 10 heteroatoms. The number of H-pyrrole nitrogens is 1. The van der Waals surface area contributed by atoms with Crippen molar-refractivity contribution in [2.24, 2.45) is 0 Å². The summed E-state index contributed by atoms with van der Waals surface area (Å²) in [5, 5.41) is 16.1. The summed E-state index contributed by atoms with van der Waals surface area (Å²) in [5.74, 6) is 0.659. The summed E-state index contributed by atoms with van der Waals surface area (Å²) in [6.45, 7) is 5.59. The maximum absolute atomic E-state index is 13.7. The summed E-state index contributed by atoms with van der Waals surface area (Å²) >= 11 is 1.71. The van der Waals surface area contributed by atoms with Crippen molar-refractivity contribution in [2.75, 3.05) is 19.8 Å². The fourth-order valence-corrected chi connectivity index (χ4v) is 6.36. The Bertz CT molecular complexity index is 1410.